The SMILES string of the molecule is C=CC(=O)N(CCc1cccnc1)c1ccc(-c2ccc(C(C)(F)F)cc2)cc1. The van der Waals surface area contributed by atoms with E-state index >= 15 is 0 Å². The Morgan fingerprint density at radius 1 is 1.07 bits per heavy atom. The molecule has 1 heterocycles. The zero-order valence-electron chi connectivity index (χ0n) is 16.2. The Morgan fingerprint density at radius 2 is 1.69 bits per heavy atom. The molecule has 29 heavy (non-hydrogen) atoms. The van der Waals surface area contributed by atoms with Crippen molar-refractivity contribution in [1.82, 2.24) is 4.98 Å². The lowest BCUT2D eigenvalue weighted by Crippen LogP contribution is -2.31. The van der Waals surface area contributed by atoms with E-state index in [1.165, 1.54) is 18.2 Å². The molecule has 0 saturated heterocycles. The Balaban J connectivity index is 1.78. The molecule has 0 aliphatic carbocycles. The van der Waals surface area contributed by atoms with Gasteiger partial charge in [0.25, 0.3) is 5.92 Å². The van der Waals surface area contributed by atoms with Crippen LogP contribution in [0.4, 0.5) is 14.5 Å². The van der Waals surface area contributed by atoms with Gasteiger partial charge in [-0.15, -0.1) is 0 Å². The largest absolute Gasteiger partial charge is 0.309 e. The topological polar surface area (TPSA) is 33.2 Å². The molecule has 0 N–H and O–H groups in total. The Hall–Kier alpha value is -3.34. The molecular weight excluding hydrogens is 370 g/mol. The van der Waals surface area contributed by atoms with Crippen LogP contribution < -0.4 is 4.90 Å². The van der Waals surface area contributed by atoms with Crippen molar-refractivity contribution in [1.29, 1.82) is 0 Å². The number of pyridine rings is 1. The summed E-state index contributed by atoms with van der Waals surface area (Å²) in [7, 11) is 0. The Labute approximate surface area is 169 Å². The monoisotopic (exact) mass is 392 g/mol. The Kier molecular flexibility index (Phi) is 6.17. The van der Waals surface area contributed by atoms with Crippen molar-refractivity contribution >= 4 is 11.6 Å². The number of carbonyl (C=O) groups is 1. The van der Waals surface area contributed by atoms with Gasteiger partial charge in [-0.3, -0.25) is 9.78 Å². The quantitative estimate of drug-likeness (QED) is 0.489. The van der Waals surface area contributed by atoms with Crippen molar-refractivity contribution in [3.05, 3.63) is 96.8 Å². The van der Waals surface area contributed by atoms with Crippen molar-refractivity contribution < 1.29 is 13.6 Å². The number of rotatable bonds is 7. The van der Waals surface area contributed by atoms with Gasteiger partial charge >= 0.3 is 0 Å². The zero-order chi connectivity index (χ0) is 20.9. The highest BCUT2D eigenvalue weighted by molar-refractivity contribution is 6.01. The van der Waals surface area contributed by atoms with E-state index in [1.807, 2.05) is 36.4 Å². The first kappa shape index (κ1) is 20.4. The van der Waals surface area contributed by atoms with Gasteiger partial charge in [0.1, 0.15) is 0 Å². The minimum absolute atomic E-state index is 0.0176. The second kappa shape index (κ2) is 8.78. The molecule has 3 aromatic rings. The van der Waals surface area contributed by atoms with E-state index in [4.69, 9.17) is 0 Å². The second-order valence-corrected chi connectivity index (χ2v) is 6.82. The van der Waals surface area contributed by atoms with Gasteiger partial charge in [-0.1, -0.05) is 49.0 Å². The molecule has 0 spiro atoms. The lowest BCUT2D eigenvalue weighted by atomic mass is 10.0. The highest BCUT2D eigenvalue weighted by Crippen LogP contribution is 2.30. The fourth-order valence-electron chi connectivity index (χ4n) is 3.05. The van der Waals surface area contributed by atoms with Crippen LogP contribution in [0.15, 0.2) is 85.7 Å². The number of anilines is 1. The number of aromatic nitrogens is 1. The van der Waals surface area contributed by atoms with E-state index in [0.717, 1.165) is 29.3 Å². The molecular formula is C24H22F2N2O. The van der Waals surface area contributed by atoms with E-state index in [-0.39, 0.29) is 11.5 Å². The molecule has 3 nitrogen and oxygen atoms in total. The molecule has 148 valence electrons. The minimum atomic E-state index is -2.86. The molecule has 1 amide bonds. The van der Waals surface area contributed by atoms with E-state index in [2.05, 4.69) is 11.6 Å². The first-order chi connectivity index (χ1) is 13.9. The highest BCUT2D eigenvalue weighted by atomic mass is 19.3. The predicted molar refractivity (Wildman–Crippen MR) is 112 cm³/mol. The van der Waals surface area contributed by atoms with Crippen LogP contribution in [0.3, 0.4) is 0 Å². The van der Waals surface area contributed by atoms with Gasteiger partial charge in [0.05, 0.1) is 0 Å². The molecule has 0 saturated carbocycles. The summed E-state index contributed by atoms with van der Waals surface area (Å²) in [5, 5.41) is 0. The van der Waals surface area contributed by atoms with Gasteiger partial charge in [0, 0.05) is 37.1 Å². The lowest BCUT2D eigenvalue weighted by Gasteiger charge is -2.22. The maximum absolute atomic E-state index is 13.4. The number of carbonyl (C=O) groups excluding carboxylic acids is 1. The van der Waals surface area contributed by atoms with Crippen LogP contribution in [-0.4, -0.2) is 17.4 Å². The first-order valence-electron chi connectivity index (χ1n) is 9.30. The highest BCUT2D eigenvalue weighted by Gasteiger charge is 2.23. The fraction of sp³-hybridized carbons (Fsp3) is 0.167. The second-order valence-electron chi connectivity index (χ2n) is 6.82. The van der Waals surface area contributed by atoms with Gasteiger partial charge in [-0.25, -0.2) is 8.78 Å². The van der Waals surface area contributed by atoms with Crippen molar-refractivity contribution in [2.45, 2.75) is 19.3 Å². The third-order valence-corrected chi connectivity index (χ3v) is 4.69. The molecule has 1 aromatic heterocycles. The average Bonchev–Trinajstić information content (AvgIpc) is 2.74. The van der Waals surface area contributed by atoms with Crippen LogP contribution in [0.5, 0.6) is 0 Å². The molecule has 0 radical (unpaired) electrons. The van der Waals surface area contributed by atoms with E-state index in [1.54, 1.807) is 29.4 Å². The molecule has 0 bridgehead atoms. The number of amides is 1. The maximum Gasteiger partial charge on any atom is 0.270 e. The summed E-state index contributed by atoms with van der Waals surface area (Å²) >= 11 is 0. The summed E-state index contributed by atoms with van der Waals surface area (Å²) in [6, 6.07) is 17.5. The number of hydrogen-bond donors (Lipinski definition) is 0. The fourth-order valence-corrected chi connectivity index (χ4v) is 3.05. The summed E-state index contributed by atoms with van der Waals surface area (Å²) in [5.74, 6) is -3.04. The number of nitrogens with zero attached hydrogens (tertiary/aromatic N) is 2. The molecule has 2 aromatic carbocycles. The lowest BCUT2D eigenvalue weighted by molar-refractivity contribution is -0.114. The summed E-state index contributed by atoms with van der Waals surface area (Å²) in [6.45, 7) is 4.97. The van der Waals surface area contributed by atoms with E-state index < -0.39 is 5.92 Å². The van der Waals surface area contributed by atoms with Crippen LogP contribution in [0.25, 0.3) is 11.1 Å². The molecule has 3 rings (SSSR count). The maximum atomic E-state index is 13.4. The van der Waals surface area contributed by atoms with Crippen molar-refractivity contribution in [2.24, 2.45) is 0 Å². The van der Waals surface area contributed by atoms with Crippen molar-refractivity contribution in [3.8, 4) is 11.1 Å². The first-order valence-corrected chi connectivity index (χ1v) is 9.30. The van der Waals surface area contributed by atoms with Crippen LogP contribution in [0.1, 0.15) is 18.1 Å². The van der Waals surface area contributed by atoms with Crippen molar-refractivity contribution in [3.63, 3.8) is 0 Å². The number of halogens is 2. The predicted octanol–water partition coefficient (Wildman–Crippen LogP) is 5.62. The smallest absolute Gasteiger partial charge is 0.270 e. The van der Waals surface area contributed by atoms with E-state index in [9.17, 15) is 13.6 Å². The average molecular weight is 392 g/mol. The molecule has 0 aliphatic rings. The van der Waals surface area contributed by atoms with Crippen molar-refractivity contribution in [2.75, 3.05) is 11.4 Å². The number of hydrogen-bond acceptors (Lipinski definition) is 2. The van der Waals surface area contributed by atoms with Gasteiger partial charge in [0.15, 0.2) is 0 Å². The Bertz CT molecular complexity index is 963. The van der Waals surface area contributed by atoms with Crippen LogP contribution in [0.2, 0.25) is 0 Å². The number of alkyl halides is 2. The molecule has 0 atom stereocenters. The summed E-state index contributed by atoms with van der Waals surface area (Å²) < 4.78 is 26.8. The van der Waals surface area contributed by atoms with Crippen LogP contribution in [-0.2, 0) is 17.1 Å². The summed E-state index contributed by atoms with van der Waals surface area (Å²) in [4.78, 5) is 18.1. The zero-order valence-corrected chi connectivity index (χ0v) is 16.2. The third kappa shape index (κ3) is 5.13. The van der Waals surface area contributed by atoms with Gasteiger partial charge in [-0.2, -0.15) is 0 Å². The minimum Gasteiger partial charge on any atom is -0.309 e. The Morgan fingerprint density at radius 3 is 2.21 bits per heavy atom. The van der Waals surface area contributed by atoms with Gasteiger partial charge < -0.3 is 4.90 Å². The molecule has 0 aliphatic heterocycles. The molecule has 5 heteroatoms. The molecule has 0 fully saturated rings. The number of benzene rings is 2. The van der Waals surface area contributed by atoms with Crippen LogP contribution >= 0.6 is 0 Å². The standard InChI is InChI=1S/C24H22F2N2O/c1-3-23(29)28(16-14-18-5-4-15-27-17-18)22-12-8-20(9-13-22)19-6-10-21(11-7-19)24(2,25)26/h3-13,15,17H,1,14,16H2,2H3. The summed E-state index contributed by atoms with van der Waals surface area (Å²) in [6.07, 6.45) is 5.45. The summed E-state index contributed by atoms with van der Waals surface area (Å²) in [5.41, 5.74) is 3.49. The van der Waals surface area contributed by atoms with Gasteiger partial charge in [-0.05, 0) is 47.4 Å². The van der Waals surface area contributed by atoms with Gasteiger partial charge in [0.2, 0.25) is 5.91 Å². The van der Waals surface area contributed by atoms with E-state index in [0.29, 0.717) is 13.0 Å². The molecule has 0 unspecified atom stereocenters. The third-order valence-electron chi connectivity index (χ3n) is 4.69. The normalized spacial score (nSPS) is 11.1. The van der Waals surface area contributed by atoms with Crippen LogP contribution in [0, 0.1) is 0 Å².